The Morgan fingerprint density at radius 1 is 1.20 bits per heavy atom. The normalized spacial score (nSPS) is 10.7. The van der Waals surface area contributed by atoms with Crippen LogP contribution in [0, 0.1) is 0 Å². The van der Waals surface area contributed by atoms with Crippen LogP contribution in [0.5, 0.6) is 5.75 Å². The van der Waals surface area contributed by atoms with Gasteiger partial charge in [0.1, 0.15) is 0 Å². The number of nitrogens with one attached hydrogen (secondary N) is 2. The van der Waals surface area contributed by atoms with Crippen LogP contribution >= 0.6 is 11.6 Å². The number of hydrogen-bond donors (Lipinski definition) is 3. The third kappa shape index (κ3) is 5.33. The number of hydrogen-bond acceptors (Lipinski definition) is 7. The number of amides is 1. The van der Waals surface area contributed by atoms with Gasteiger partial charge in [-0.2, -0.15) is 5.10 Å². The van der Waals surface area contributed by atoms with Gasteiger partial charge >= 0.3 is 0 Å². The van der Waals surface area contributed by atoms with Crippen molar-refractivity contribution >= 4 is 34.7 Å². The minimum absolute atomic E-state index is 0.108. The number of methoxy groups -OCH3 is 1. The maximum atomic E-state index is 12.4. The van der Waals surface area contributed by atoms with Crippen LogP contribution < -0.4 is 25.7 Å². The molecule has 0 aliphatic carbocycles. The molecule has 1 amide bonds. The van der Waals surface area contributed by atoms with Gasteiger partial charge in [-0.05, 0) is 29.8 Å². The van der Waals surface area contributed by atoms with Crippen molar-refractivity contribution in [2.45, 2.75) is 13.0 Å². The molecule has 0 spiro atoms. The van der Waals surface area contributed by atoms with E-state index in [-0.39, 0.29) is 10.8 Å². The van der Waals surface area contributed by atoms with E-state index in [1.165, 1.54) is 7.05 Å². The molecule has 0 aliphatic rings. The predicted molar refractivity (Wildman–Crippen MR) is 134 cm³/mol. The molecule has 0 aliphatic heterocycles. The average Bonchev–Trinajstić information content (AvgIpc) is 3.29. The maximum absolute atomic E-state index is 12.4. The van der Waals surface area contributed by atoms with E-state index >= 15 is 0 Å². The summed E-state index contributed by atoms with van der Waals surface area (Å²) in [7, 11) is 4.97. The number of carbonyl (C=O) groups is 1. The summed E-state index contributed by atoms with van der Waals surface area (Å²) >= 11 is 6.09. The van der Waals surface area contributed by atoms with Crippen molar-refractivity contribution in [3.05, 3.63) is 71.3 Å². The highest BCUT2D eigenvalue weighted by molar-refractivity contribution is 6.29. The molecule has 10 nitrogen and oxygen atoms in total. The molecule has 0 fully saturated rings. The number of rotatable bonds is 8. The van der Waals surface area contributed by atoms with Gasteiger partial charge in [0.15, 0.2) is 16.6 Å². The van der Waals surface area contributed by atoms with Crippen molar-refractivity contribution in [1.82, 2.24) is 25.3 Å². The van der Waals surface area contributed by atoms with Crippen LogP contribution in [-0.4, -0.2) is 40.0 Å². The van der Waals surface area contributed by atoms with E-state index in [0.29, 0.717) is 35.9 Å². The highest BCUT2D eigenvalue weighted by Gasteiger charge is 2.20. The summed E-state index contributed by atoms with van der Waals surface area (Å²) in [5, 5.41) is 18.3. The third-order valence-electron chi connectivity index (χ3n) is 5.44. The molecule has 0 atom stereocenters. The summed E-state index contributed by atoms with van der Waals surface area (Å²) in [4.78, 5) is 12.4. The summed E-state index contributed by atoms with van der Waals surface area (Å²) in [6, 6.07) is 13.2. The second-order valence-corrected chi connectivity index (χ2v) is 8.19. The molecule has 0 saturated heterocycles. The molecule has 0 bridgehead atoms. The number of carbonyl (C=O) groups excluding carboxylic acids is 1. The Balaban J connectivity index is 1.80. The summed E-state index contributed by atoms with van der Waals surface area (Å²) in [6.07, 6.45) is 4.50. The first-order valence-electron chi connectivity index (χ1n) is 10.9. The zero-order chi connectivity index (χ0) is 24.9. The summed E-state index contributed by atoms with van der Waals surface area (Å²) in [5.41, 5.74) is 9.81. The Hall–Kier alpha value is -4.18. The van der Waals surface area contributed by atoms with E-state index < -0.39 is 5.91 Å². The van der Waals surface area contributed by atoms with Crippen molar-refractivity contribution < 1.29 is 14.1 Å². The molecule has 180 valence electrons. The van der Waals surface area contributed by atoms with Crippen molar-refractivity contribution in [2.75, 3.05) is 25.2 Å². The number of halogens is 1. The molecule has 11 heteroatoms. The SMILES string of the molecule is CNC(=O)c1nnc(Cl)cc1Nc1cc(CC[n+]2ccccc2N)cc(-c2ccn(C)n2)c1OC. The van der Waals surface area contributed by atoms with E-state index in [4.69, 9.17) is 22.1 Å². The molecule has 4 N–H and O–H groups in total. The van der Waals surface area contributed by atoms with E-state index in [2.05, 4.69) is 25.9 Å². The van der Waals surface area contributed by atoms with Crippen LogP contribution in [0.1, 0.15) is 16.1 Å². The lowest BCUT2D eigenvalue weighted by Crippen LogP contribution is -2.37. The lowest BCUT2D eigenvalue weighted by molar-refractivity contribution is -0.682. The lowest BCUT2D eigenvalue weighted by Gasteiger charge is -2.18. The van der Waals surface area contributed by atoms with Gasteiger partial charge in [-0.15, -0.1) is 10.2 Å². The number of ether oxygens (including phenoxy) is 1. The first-order valence-corrected chi connectivity index (χ1v) is 11.2. The fourth-order valence-electron chi connectivity index (χ4n) is 3.73. The molecule has 4 aromatic rings. The van der Waals surface area contributed by atoms with Gasteiger partial charge in [0, 0.05) is 44.4 Å². The monoisotopic (exact) mass is 493 g/mol. The number of benzene rings is 1. The average molecular weight is 494 g/mol. The Bertz CT molecular complexity index is 1370. The van der Waals surface area contributed by atoms with E-state index in [1.807, 2.05) is 60.4 Å². The zero-order valence-corrected chi connectivity index (χ0v) is 20.4. The third-order valence-corrected chi connectivity index (χ3v) is 5.62. The number of nitrogen functional groups attached to an aromatic ring is 1. The lowest BCUT2D eigenvalue weighted by atomic mass is 10.0. The Morgan fingerprint density at radius 3 is 2.71 bits per heavy atom. The van der Waals surface area contributed by atoms with Gasteiger partial charge < -0.3 is 15.4 Å². The summed E-state index contributed by atoms with van der Waals surface area (Å²) in [6.45, 7) is 0.673. The van der Waals surface area contributed by atoms with Gasteiger partial charge in [0.25, 0.3) is 11.7 Å². The number of aryl methyl sites for hydroxylation is 3. The minimum Gasteiger partial charge on any atom is -0.494 e. The van der Waals surface area contributed by atoms with Crippen LogP contribution in [0.25, 0.3) is 11.3 Å². The van der Waals surface area contributed by atoms with E-state index in [1.54, 1.807) is 17.9 Å². The zero-order valence-electron chi connectivity index (χ0n) is 19.6. The van der Waals surface area contributed by atoms with Crippen LogP contribution in [0.2, 0.25) is 5.15 Å². The highest BCUT2D eigenvalue weighted by Crippen LogP contribution is 2.39. The van der Waals surface area contributed by atoms with E-state index in [9.17, 15) is 4.79 Å². The second kappa shape index (κ2) is 10.4. The number of nitrogens with zero attached hydrogens (tertiary/aromatic N) is 5. The topological polar surface area (TPSA) is 124 Å². The van der Waals surface area contributed by atoms with Gasteiger partial charge in [0.2, 0.25) is 0 Å². The summed E-state index contributed by atoms with van der Waals surface area (Å²) in [5.74, 6) is 0.847. The Labute approximate surface area is 207 Å². The quantitative estimate of drug-likeness (QED) is 0.322. The highest BCUT2D eigenvalue weighted by atomic mass is 35.5. The van der Waals surface area contributed by atoms with Crippen LogP contribution in [0.15, 0.2) is 54.9 Å². The molecule has 0 unspecified atom stereocenters. The molecule has 3 heterocycles. The fourth-order valence-corrected chi connectivity index (χ4v) is 3.88. The fraction of sp³-hybridized carbons (Fsp3) is 0.208. The first kappa shape index (κ1) is 24.0. The number of anilines is 3. The molecular weight excluding hydrogens is 468 g/mol. The largest absolute Gasteiger partial charge is 0.494 e. The number of aromatic nitrogens is 5. The van der Waals surface area contributed by atoms with Crippen molar-refractivity contribution in [1.29, 1.82) is 0 Å². The van der Waals surface area contributed by atoms with Crippen LogP contribution in [0.4, 0.5) is 17.2 Å². The molecule has 0 saturated carbocycles. The van der Waals surface area contributed by atoms with Gasteiger partial charge in [-0.1, -0.05) is 17.7 Å². The van der Waals surface area contributed by atoms with Gasteiger partial charge in [0.05, 0.1) is 36.9 Å². The smallest absolute Gasteiger partial charge is 0.273 e. The Kier molecular flexibility index (Phi) is 7.11. The predicted octanol–water partition coefficient (Wildman–Crippen LogP) is 2.75. The maximum Gasteiger partial charge on any atom is 0.273 e. The minimum atomic E-state index is -0.396. The van der Waals surface area contributed by atoms with Crippen molar-refractivity contribution in [2.24, 2.45) is 7.05 Å². The molecule has 3 aromatic heterocycles. The molecule has 35 heavy (non-hydrogen) atoms. The second-order valence-electron chi connectivity index (χ2n) is 7.80. The van der Waals surface area contributed by atoms with Gasteiger partial charge in [-0.3, -0.25) is 15.2 Å². The van der Waals surface area contributed by atoms with Crippen LogP contribution in [-0.2, 0) is 20.0 Å². The standard InChI is InChI=1S/C24H25ClN8O2/c1-27-24(34)22-18(14-20(25)29-30-22)28-19-13-15(7-11-33-9-5-4-6-21(33)26)12-16(23(19)35-3)17-8-10-32(2)31-17/h4-6,8-10,12-14,26H,7,11H2,1-3H3,(H2,27,28,29,34)/p+1. The molecule has 0 radical (unpaired) electrons. The summed E-state index contributed by atoms with van der Waals surface area (Å²) < 4.78 is 9.51. The first-order chi connectivity index (χ1) is 16.9. The van der Waals surface area contributed by atoms with Crippen LogP contribution in [0.3, 0.4) is 0 Å². The molecule has 1 aromatic carbocycles. The number of pyridine rings is 1. The number of nitrogens with two attached hydrogens (primary N) is 1. The van der Waals surface area contributed by atoms with Crippen molar-refractivity contribution in [3.8, 4) is 17.0 Å². The molecule has 4 rings (SSSR count). The van der Waals surface area contributed by atoms with Crippen molar-refractivity contribution in [3.63, 3.8) is 0 Å². The molecular formula is C24H26ClN8O2+. The van der Waals surface area contributed by atoms with Gasteiger partial charge in [-0.25, -0.2) is 4.57 Å². The Morgan fingerprint density at radius 2 is 2.03 bits per heavy atom. The van der Waals surface area contributed by atoms with E-state index in [0.717, 1.165) is 16.8 Å².